The highest BCUT2D eigenvalue weighted by molar-refractivity contribution is 6.30. The van der Waals surface area contributed by atoms with E-state index in [1.165, 1.54) is 0 Å². The summed E-state index contributed by atoms with van der Waals surface area (Å²) in [5, 5.41) is 12.3. The number of piperidine rings is 1. The van der Waals surface area contributed by atoms with Gasteiger partial charge in [-0.25, -0.2) is 0 Å². The third kappa shape index (κ3) is 4.44. The molecule has 1 aromatic rings. The number of likely N-dealkylation sites (tertiary alicyclic amines) is 1. The predicted molar refractivity (Wildman–Crippen MR) is 80.2 cm³/mol. The summed E-state index contributed by atoms with van der Waals surface area (Å²) >= 11 is 5.76. The Labute approximate surface area is 128 Å². The van der Waals surface area contributed by atoms with Crippen molar-refractivity contribution in [1.82, 2.24) is 10.2 Å². The number of hydrogen-bond acceptors (Lipinski definition) is 3. The van der Waals surface area contributed by atoms with Crippen LogP contribution in [-0.4, -0.2) is 48.1 Å². The van der Waals surface area contributed by atoms with E-state index in [9.17, 15) is 9.59 Å². The topological polar surface area (TPSA) is 69.6 Å². The maximum atomic E-state index is 12.1. The number of hydrogen-bond donors (Lipinski definition) is 2. The zero-order chi connectivity index (χ0) is 15.2. The summed E-state index contributed by atoms with van der Waals surface area (Å²) < 4.78 is 0. The van der Waals surface area contributed by atoms with Gasteiger partial charge in [0.1, 0.15) is 0 Å². The zero-order valence-corrected chi connectivity index (χ0v) is 12.5. The van der Waals surface area contributed by atoms with Crippen molar-refractivity contribution in [3.8, 4) is 0 Å². The lowest BCUT2D eigenvalue weighted by Gasteiger charge is -2.31. The molecule has 1 saturated heterocycles. The van der Waals surface area contributed by atoms with Gasteiger partial charge in [-0.15, -0.1) is 0 Å². The van der Waals surface area contributed by atoms with Crippen LogP contribution < -0.4 is 5.32 Å². The SMILES string of the molecule is O=C(NCC(=O)N1CCCC(CO)C1)c1ccc(Cl)cc1. The van der Waals surface area contributed by atoms with Crippen LogP contribution >= 0.6 is 11.6 Å². The summed E-state index contributed by atoms with van der Waals surface area (Å²) in [5.41, 5.74) is 0.471. The van der Waals surface area contributed by atoms with Gasteiger partial charge >= 0.3 is 0 Å². The zero-order valence-electron chi connectivity index (χ0n) is 11.7. The van der Waals surface area contributed by atoms with Crippen LogP contribution in [0.4, 0.5) is 0 Å². The van der Waals surface area contributed by atoms with Crippen molar-refractivity contribution in [3.63, 3.8) is 0 Å². The average Bonchev–Trinajstić information content (AvgIpc) is 2.53. The molecule has 2 rings (SSSR count). The first-order chi connectivity index (χ1) is 10.1. The van der Waals surface area contributed by atoms with Crippen molar-refractivity contribution in [2.45, 2.75) is 12.8 Å². The fraction of sp³-hybridized carbons (Fsp3) is 0.467. The monoisotopic (exact) mass is 310 g/mol. The number of carbonyl (C=O) groups is 2. The molecule has 0 spiro atoms. The Hall–Kier alpha value is -1.59. The molecule has 0 aliphatic carbocycles. The number of amides is 2. The van der Waals surface area contributed by atoms with E-state index in [4.69, 9.17) is 16.7 Å². The first kappa shape index (κ1) is 15.8. The van der Waals surface area contributed by atoms with Gasteiger partial charge in [-0.2, -0.15) is 0 Å². The van der Waals surface area contributed by atoms with Crippen LogP contribution in [0, 0.1) is 5.92 Å². The molecule has 2 N–H and O–H groups in total. The van der Waals surface area contributed by atoms with E-state index >= 15 is 0 Å². The van der Waals surface area contributed by atoms with Crippen molar-refractivity contribution in [2.75, 3.05) is 26.2 Å². The molecule has 0 radical (unpaired) electrons. The highest BCUT2D eigenvalue weighted by Gasteiger charge is 2.23. The summed E-state index contributed by atoms with van der Waals surface area (Å²) in [5.74, 6) is -0.263. The third-order valence-corrected chi connectivity index (χ3v) is 3.89. The van der Waals surface area contributed by atoms with Gasteiger partial charge in [0, 0.05) is 30.3 Å². The molecule has 1 unspecified atom stereocenters. The second-order valence-electron chi connectivity index (χ2n) is 5.22. The van der Waals surface area contributed by atoms with Crippen LogP contribution in [0.25, 0.3) is 0 Å². The number of rotatable bonds is 4. The molecule has 5 nitrogen and oxygen atoms in total. The van der Waals surface area contributed by atoms with Gasteiger partial charge in [-0.1, -0.05) is 11.6 Å². The first-order valence-electron chi connectivity index (χ1n) is 7.02. The molecule has 1 atom stereocenters. The van der Waals surface area contributed by atoms with Crippen LogP contribution in [0.2, 0.25) is 5.02 Å². The quantitative estimate of drug-likeness (QED) is 0.881. The molecule has 1 aliphatic rings. The van der Waals surface area contributed by atoms with Crippen molar-refractivity contribution in [2.24, 2.45) is 5.92 Å². The van der Waals surface area contributed by atoms with Crippen molar-refractivity contribution < 1.29 is 14.7 Å². The van der Waals surface area contributed by atoms with Crippen molar-refractivity contribution in [3.05, 3.63) is 34.9 Å². The van der Waals surface area contributed by atoms with E-state index in [1.54, 1.807) is 29.2 Å². The van der Waals surface area contributed by atoms with Crippen molar-refractivity contribution in [1.29, 1.82) is 0 Å². The van der Waals surface area contributed by atoms with Gasteiger partial charge in [-0.3, -0.25) is 9.59 Å². The number of aliphatic hydroxyl groups excluding tert-OH is 1. The Balaban J connectivity index is 1.83. The largest absolute Gasteiger partial charge is 0.396 e. The molecule has 1 aliphatic heterocycles. The minimum absolute atomic E-state index is 0.0282. The van der Waals surface area contributed by atoms with Crippen LogP contribution in [0.3, 0.4) is 0 Å². The highest BCUT2D eigenvalue weighted by atomic mass is 35.5. The number of aliphatic hydroxyl groups is 1. The van der Waals surface area contributed by atoms with E-state index in [2.05, 4.69) is 5.32 Å². The Bertz CT molecular complexity index is 504. The smallest absolute Gasteiger partial charge is 0.251 e. The Morgan fingerprint density at radius 2 is 2.05 bits per heavy atom. The third-order valence-electron chi connectivity index (χ3n) is 3.64. The maximum Gasteiger partial charge on any atom is 0.251 e. The molecule has 6 heteroatoms. The fourth-order valence-electron chi connectivity index (χ4n) is 2.41. The predicted octanol–water partition coefficient (Wildman–Crippen LogP) is 1.30. The van der Waals surface area contributed by atoms with Gasteiger partial charge in [0.15, 0.2) is 0 Å². The molecule has 0 bridgehead atoms. The van der Waals surface area contributed by atoms with E-state index in [0.717, 1.165) is 12.8 Å². The Morgan fingerprint density at radius 1 is 1.33 bits per heavy atom. The first-order valence-corrected chi connectivity index (χ1v) is 7.40. The van der Waals surface area contributed by atoms with E-state index in [1.807, 2.05) is 0 Å². The molecule has 1 aromatic carbocycles. The second-order valence-corrected chi connectivity index (χ2v) is 5.66. The van der Waals surface area contributed by atoms with Gasteiger partial charge in [-0.05, 0) is 43.0 Å². The summed E-state index contributed by atoms with van der Waals surface area (Å²) in [6.07, 6.45) is 1.83. The number of benzene rings is 1. The molecular weight excluding hydrogens is 292 g/mol. The van der Waals surface area contributed by atoms with Crippen molar-refractivity contribution >= 4 is 23.4 Å². The van der Waals surface area contributed by atoms with Crippen LogP contribution in [-0.2, 0) is 4.79 Å². The molecule has 0 saturated carbocycles. The molecule has 114 valence electrons. The molecular formula is C15H19ClN2O3. The van der Waals surface area contributed by atoms with Crippen LogP contribution in [0.1, 0.15) is 23.2 Å². The fourth-order valence-corrected chi connectivity index (χ4v) is 2.54. The summed E-state index contributed by atoms with van der Waals surface area (Å²) in [6, 6.07) is 6.50. The number of nitrogens with one attached hydrogen (secondary N) is 1. The molecule has 1 heterocycles. The van der Waals surface area contributed by atoms with Crippen LogP contribution in [0.5, 0.6) is 0 Å². The van der Waals surface area contributed by atoms with Gasteiger partial charge < -0.3 is 15.3 Å². The second kappa shape index (κ2) is 7.43. The normalized spacial score (nSPS) is 18.4. The lowest BCUT2D eigenvalue weighted by atomic mass is 9.99. The van der Waals surface area contributed by atoms with Gasteiger partial charge in [0.2, 0.25) is 5.91 Å². The minimum atomic E-state index is -0.296. The number of carbonyl (C=O) groups excluding carboxylic acids is 2. The Morgan fingerprint density at radius 3 is 2.71 bits per heavy atom. The summed E-state index contributed by atoms with van der Waals surface area (Å²) in [7, 11) is 0. The Kier molecular flexibility index (Phi) is 5.59. The molecule has 21 heavy (non-hydrogen) atoms. The molecule has 1 fully saturated rings. The highest BCUT2D eigenvalue weighted by Crippen LogP contribution is 2.15. The average molecular weight is 311 g/mol. The van der Waals surface area contributed by atoms with E-state index < -0.39 is 0 Å². The van der Waals surface area contributed by atoms with Crippen LogP contribution in [0.15, 0.2) is 24.3 Å². The lowest BCUT2D eigenvalue weighted by molar-refractivity contribution is -0.132. The number of halogens is 1. The molecule has 0 aromatic heterocycles. The lowest BCUT2D eigenvalue weighted by Crippen LogP contribution is -2.45. The molecule has 2 amide bonds. The van der Waals surface area contributed by atoms with Gasteiger partial charge in [0.05, 0.1) is 6.54 Å². The number of nitrogens with zero attached hydrogens (tertiary/aromatic N) is 1. The summed E-state index contributed by atoms with van der Waals surface area (Å²) in [4.78, 5) is 25.7. The van der Waals surface area contributed by atoms with E-state index in [-0.39, 0.29) is 30.9 Å². The minimum Gasteiger partial charge on any atom is -0.396 e. The van der Waals surface area contributed by atoms with Gasteiger partial charge in [0.25, 0.3) is 5.91 Å². The summed E-state index contributed by atoms with van der Waals surface area (Å²) in [6.45, 7) is 1.32. The van der Waals surface area contributed by atoms with E-state index in [0.29, 0.717) is 23.7 Å². The standard InChI is InChI=1S/C15H19ClN2O3/c16-13-5-3-12(4-6-13)15(21)17-8-14(20)18-7-1-2-11(9-18)10-19/h3-6,11,19H,1-2,7-10H2,(H,17,21). The maximum absolute atomic E-state index is 12.1.